The molecule has 0 saturated carbocycles. The van der Waals surface area contributed by atoms with Crippen LogP contribution in [0.5, 0.6) is 0 Å². The second kappa shape index (κ2) is 13.3. The van der Waals surface area contributed by atoms with Crippen molar-refractivity contribution >= 4 is 97.0 Å². The van der Waals surface area contributed by atoms with Gasteiger partial charge in [-0.25, -0.2) is 0 Å². The molecule has 0 saturated heterocycles. The highest BCUT2D eigenvalue weighted by Gasteiger charge is 2.30. The lowest BCUT2D eigenvalue weighted by Gasteiger charge is -2.21. The first-order valence-corrected chi connectivity index (χ1v) is 25.3. The molecule has 0 amide bonds. The highest BCUT2D eigenvalue weighted by atomic mass is 14.3. The summed E-state index contributed by atoms with van der Waals surface area (Å²) in [7, 11) is 0. The standard InChI is InChI=1S/C72H38/c1-5-15-39(16-6-1)43-25-26-44(40-17-7-2-8-18-40)64-52-32-29-49-58-38-60-59(37-57(58)48-28-31-51(63(43)64)68(52)65(48)49)50-30-34-54-69-55(41-19-9-3-10-20-41)35-61-46-24-14-13-23-45(46)47-27-33-53(71(69)66(47)61)70-56(42-21-11-4-12-22-42)36-62(60)67(50)72(54)70/h1-38H. The van der Waals surface area contributed by atoms with E-state index in [4.69, 9.17) is 0 Å². The van der Waals surface area contributed by atoms with Crippen molar-refractivity contribution in [2.45, 2.75) is 0 Å². The Kier molecular flexibility index (Phi) is 6.92. The molecule has 72 heavy (non-hydrogen) atoms. The molecule has 0 radical (unpaired) electrons. The summed E-state index contributed by atoms with van der Waals surface area (Å²) in [5.41, 5.74) is 15.5. The molecule has 0 spiro atoms. The van der Waals surface area contributed by atoms with Gasteiger partial charge in [-0.1, -0.05) is 206 Å². The van der Waals surface area contributed by atoms with Crippen molar-refractivity contribution in [3.63, 3.8) is 0 Å². The van der Waals surface area contributed by atoms with Gasteiger partial charge in [-0.05, 0) is 209 Å². The predicted molar refractivity (Wildman–Crippen MR) is 306 cm³/mol. The minimum Gasteiger partial charge on any atom is -0.0622 e. The number of fused-ring (bicyclic) bond motifs is 12. The van der Waals surface area contributed by atoms with Crippen LogP contribution >= 0.6 is 0 Å². The van der Waals surface area contributed by atoms with E-state index in [2.05, 4.69) is 231 Å². The Hall–Kier alpha value is -9.36. The molecule has 0 atom stereocenters. The molecule has 0 N–H and O–H groups in total. The molecule has 16 aromatic rings. The fourth-order valence-corrected chi connectivity index (χ4v) is 14.4. The van der Waals surface area contributed by atoms with Crippen molar-refractivity contribution in [1.82, 2.24) is 0 Å². The Morgan fingerprint density at radius 2 is 0.528 bits per heavy atom. The van der Waals surface area contributed by atoms with Crippen LogP contribution in [0, 0.1) is 20.9 Å². The third-order valence-corrected chi connectivity index (χ3v) is 17.2. The zero-order valence-electron chi connectivity index (χ0n) is 38.9. The van der Waals surface area contributed by atoms with E-state index >= 15 is 0 Å². The lowest BCUT2D eigenvalue weighted by atomic mass is 9.81. The normalized spacial score (nSPS) is 12.7. The number of benzene rings is 14. The number of hydrogen-bond acceptors (Lipinski definition) is 0. The zero-order chi connectivity index (χ0) is 46.5. The molecule has 0 heteroatoms. The van der Waals surface area contributed by atoms with Crippen molar-refractivity contribution in [1.29, 1.82) is 0 Å². The van der Waals surface area contributed by atoms with Gasteiger partial charge in [0, 0.05) is 0 Å². The number of rotatable bonds is 4. The Labute approximate surface area is 412 Å². The van der Waals surface area contributed by atoms with Crippen LogP contribution in [0.3, 0.4) is 0 Å². The van der Waals surface area contributed by atoms with Gasteiger partial charge < -0.3 is 0 Å². The molecule has 0 fully saturated rings. The summed E-state index contributed by atoms with van der Waals surface area (Å²) in [6, 6.07) is 87.6. The third-order valence-electron chi connectivity index (χ3n) is 17.2. The van der Waals surface area contributed by atoms with Crippen LogP contribution in [0.25, 0.3) is 164 Å². The van der Waals surface area contributed by atoms with E-state index in [0.29, 0.717) is 0 Å². The summed E-state index contributed by atoms with van der Waals surface area (Å²) in [4.78, 5) is 0. The maximum Gasteiger partial charge on any atom is -0.000740 e. The van der Waals surface area contributed by atoms with Gasteiger partial charge in [-0.15, -0.1) is 0 Å². The van der Waals surface area contributed by atoms with Crippen LogP contribution in [0.15, 0.2) is 231 Å². The molecule has 0 nitrogen and oxygen atoms in total. The smallest absolute Gasteiger partial charge is 0.000740 e. The summed E-state index contributed by atoms with van der Waals surface area (Å²) >= 11 is 0. The van der Waals surface area contributed by atoms with Gasteiger partial charge in [0.1, 0.15) is 0 Å². The van der Waals surface area contributed by atoms with Gasteiger partial charge in [0.25, 0.3) is 0 Å². The Bertz CT molecular complexity index is 5190. The topological polar surface area (TPSA) is 0 Å². The molecule has 16 aromatic carbocycles. The van der Waals surface area contributed by atoms with E-state index in [1.807, 2.05) is 0 Å². The molecule has 2 aliphatic carbocycles. The average molecular weight is 903 g/mol. The average Bonchev–Trinajstić information content (AvgIpc) is 4.17. The second-order valence-corrected chi connectivity index (χ2v) is 20.4. The fraction of sp³-hybridized carbons (Fsp3) is 0. The largest absolute Gasteiger partial charge is 0.0622 e. The van der Waals surface area contributed by atoms with Crippen LogP contribution in [-0.2, 0) is 0 Å². The van der Waals surface area contributed by atoms with Gasteiger partial charge in [0.05, 0.1) is 0 Å². The minimum atomic E-state index is 1.25. The zero-order valence-corrected chi connectivity index (χ0v) is 38.9. The van der Waals surface area contributed by atoms with Crippen LogP contribution in [0.2, 0.25) is 0 Å². The summed E-state index contributed by atoms with van der Waals surface area (Å²) in [5, 5.41) is 29.6. The molecule has 0 aliphatic heterocycles. The lowest BCUT2D eigenvalue weighted by Crippen LogP contribution is -1.93. The lowest BCUT2D eigenvalue weighted by molar-refractivity contribution is 1.46. The summed E-state index contributed by atoms with van der Waals surface area (Å²) in [6.45, 7) is 0. The summed E-state index contributed by atoms with van der Waals surface area (Å²) < 4.78 is 0. The van der Waals surface area contributed by atoms with E-state index in [1.54, 1.807) is 0 Å². The molecule has 0 bridgehead atoms. The highest BCUT2D eigenvalue weighted by Crippen LogP contribution is 2.58. The molecular weight excluding hydrogens is 865 g/mol. The Morgan fingerprint density at radius 1 is 0.153 bits per heavy atom. The highest BCUT2D eigenvalue weighted by molar-refractivity contribution is 6.47. The molecule has 18 rings (SSSR count). The van der Waals surface area contributed by atoms with E-state index in [-0.39, 0.29) is 0 Å². The van der Waals surface area contributed by atoms with Crippen LogP contribution in [0.4, 0.5) is 0 Å². The first kappa shape index (κ1) is 37.5. The van der Waals surface area contributed by atoms with Crippen LogP contribution < -0.4 is 0 Å². The van der Waals surface area contributed by atoms with Crippen LogP contribution in [0.1, 0.15) is 0 Å². The maximum absolute atomic E-state index is 2.56. The summed E-state index contributed by atoms with van der Waals surface area (Å²) in [6.07, 6.45) is 0. The molecule has 2 aliphatic rings. The van der Waals surface area contributed by atoms with Gasteiger partial charge in [-0.2, -0.15) is 0 Å². The third kappa shape index (κ3) is 4.51. The van der Waals surface area contributed by atoms with Crippen LogP contribution in [-0.4, -0.2) is 0 Å². The van der Waals surface area contributed by atoms with E-state index in [0.717, 1.165) is 0 Å². The van der Waals surface area contributed by atoms with E-state index in [9.17, 15) is 0 Å². The second-order valence-electron chi connectivity index (χ2n) is 20.4. The van der Waals surface area contributed by atoms with Crippen molar-refractivity contribution in [2.75, 3.05) is 0 Å². The molecule has 326 valence electrons. The van der Waals surface area contributed by atoms with E-state index in [1.165, 1.54) is 185 Å². The van der Waals surface area contributed by atoms with Crippen molar-refractivity contribution in [3.05, 3.63) is 251 Å². The van der Waals surface area contributed by atoms with Gasteiger partial charge in [-0.3, -0.25) is 0 Å². The maximum atomic E-state index is 2.56. The molecule has 0 heterocycles. The van der Waals surface area contributed by atoms with Crippen molar-refractivity contribution in [2.24, 2.45) is 0 Å². The van der Waals surface area contributed by atoms with Crippen molar-refractivity contribution < 1.29 is 0 Å². The quantitative estimate of drug-likeness (QED) is 0.122. The predicted octanol–water partition coefficient (Wildman–Crippen LogP) is 19.6. The molecule has 0 aromatic heterocycles. The minimum absolute atomic E-state index is 1.25. The molecule has 0 unspecified atom stereocenters. The molecular formula is C72H38. The van der Waals surface area contributed by atoms with Gasteiger partial charge >= 0.3 is 0 Å². The van der Waals surface area contributed by atoms with Gasteiger partial charge in [0.15, 0.2) is 0 Å². The summed E-state index contributed by atoms with van der Waals surface area (Å²) in [5.74, 6) is 0. The Balaban J connectivity index is 1.000. The first-order valence-electron chi connectivity index (χ1n) is 25.3. The van der Waals surface area contributed by atoms with Crippen molar-refractivity contribution in [3.8, 4) is 66.8 Å². The van der Waals surface area contributed by atoms with Gasteiger partial charge in [0.2, 0.25) is 0 Å². The monoisotopic (exact) mass is 902 g/mol. The number of hydrogen-bond donors (Lipinski definition) is 0. The fourth-order valence-electron chi connectivity index (χ4n) is 14.4. The first-order chi connectivity index (χ1) is 35.8. The van der Waals surface area contributed by atoms with E-state index < -0.39 is 0 Å². The Morgan fingerprint density at radius 3 is 1.06 bits per heavy atom. The SMILES string of the molecule is c1ccc(-c2ccc(-c3ccccc3)c3c2=c2ccc4c5cc6c(cc5c5ccc=3c2c45)c2cc(-c3ccccc3)c3c4ccc5c7c(cc(-c8ccccc8)c(c8ccc6c2c83)c74)-c2ccccc2-5)cc1.